The zero-order valence-corrected chi connectivity index (χ0v) is 12.8. The van der Waals surface area contributed by atoms with Gasteiger partial charge in [0.1, 0.15) is 11.1 Å². The number of carbonyl (C=O) groups is 2. The molecule has 1 aliphatic carbocycles. The van der Waals surface area contributed by atoms with Crippen LogP contribution in [-0.2, 0) is 14.3 Å². The number of methoxy groups -OCH3 is 1. The average molecular weight is 271 g/mol. The van der Waals surface area contributed by atoms with E-state index in [1.165, 1.54) is 7.11 Å². The van der Waals surface area contributed by atoms with Gasteiger partial charge in [-0.3, -0.25) is 0 Å². The molecule has 5 heteroatoms. The maximum atomic E-state index is 12.0. The van der Waals surface area contributed by atoms with Crippen LogP contribution in [0.5, 0.6) is 0 Å². The molecule has 19 heavy (non-hydrogen) atoms. The standard InChI is InChI=1S/C14H25NO4/c1-7-13(8-2)9-14(13,10(16)18-6)15-11(17)19-12(3,4)5/h7-9H2,1-6H3,(H,15,17)/t14-/m0/s1. The summed E-state index contributed by atoms with van der Waals surface area (Å²) >= 11 is 0. The van der Waals surface area contributed by atoms with E-state index in [1.807, 2.05) is 13.8 Å². The summed E-state index contributed by atoms with van der Waals surface area (Å²) in [6, 6.07) is 0. The number of ether oxygens (including phenoxy) is 2. The van der Waals surface area contributed by atoms with Crippen molar-refractivity contribution in [3.05, 3.63) is 0 Å². The van der Waals surface area contributed by atoms with E-state index in [0.717, 1.165) is 12.8 Å². The lowest BCUT2D eigenvalue weighted by Crippen LogP contribution is -2.49. The predicted molar refractivity (Wildman–Crippen MR) is 71.7 cm³/mol. The molecule has 1 N–H and O–H groups in total. The van der Waals surface area contributed by atoms with Crippen LogP contribution in [0.4, 0.5) is 4.79 Å². The molecule has 0 spiro atoms. The zero-order valence-electron chi connectivity index (χ0n) is 12.8. The average Bonchev–Trinajstić information content (AvgIpc) is 2.95. The summed E-state index contributed by atoms with van der Waals surface area (Å²) in [5.41, 5.74) is -1.72. The van der Waals surface area contributed by atoms with E-state index in [1.54, 1.807) is 20.8 Å². The number of alkyl carbamates (subject to hydrolysis) is 1. The van der Waals surface area contributed by atoms with Gasteiger partial charge in [0.25, 0.3) is 0 Å². The van der Waals surface area contributed by atoms with Gasteiger partial charge in [0.2, 0.25) is 0 Å². The van der Waals surface area contributed by atoms with Gasteiger partial charge in [0.05, 0.1) is 7.11 Å². The van der Waals surface area contributed by atoms with Crippen molar-refractivity contribution in [1.82, 2.24) is 5.32 Å². The van der Waals surface area contributed by atoms with Gasteiger partial charge in [-0.15, -0.1) is 0 Å². The molecule has 1 rings (SSSR count). The summed E-state index contributed by atoms with van der Waals surface area (Å²) in [4.78, 5) is 24.0. The monoisotopic (exact) mass is 271 g/mol. The first-order chi connectivity index (χ1) is 8.66. The van der Waals surface area contributed by atoms with Gasteiger partial charge in [-0.25, -0.2) is 9.59 Å². The smallest absolute Gasteiger partial charge is 0.408 e. The number of rotatable bonds is 4. The molecule has 1 saturated carbocycles. The molecule has 0 saturated heterocycles. The zero-order chi connectivity index (χ0) is 14.9. The maximum Gasteiger partial charge on any atom is 0.408 e. The van der Waals surface area contributed by atoms with Crippen molar-refractivity contribution < 1.29 is 19.1 Å². The van der Waals surface area contributed by atoms with Crippen LogP contribution in [0.25, 0.3) is 0 Å². The highest BCUT2D eigenvalue weighted by Gasteiger charge is 2.72. The second-order valence-corrected chi connectivity index (χ2v) is 6.19. The van der Waals surface area contributed by atoms with E-state index in [2.05, 4.69) is 5.32 Å². The molecule has 1 fully saturated rings. The van der Waals surface area contributed by atoms with Gasteiger partial charge in [0, 0.05) is 5.41 Å². The van der Waals surface area contributed by atoms with Crippen LogP contribution in [0.15, 0.2) is 0 Å². The highest BCUT2D eigenvalue weighted by Crippen LogP contribution is 2.61. The van der Waals surface area contributed by atoms with Crippen molar-refractivity contribution in [2.45, 2.75) is 65.0 Å². The molecule has 0 heterocycles. The molecule has 1 amide bonds. The van der Waals surface area contributed by atoms with Crippen molar-refractivity contribution >= 4 is 12.1 Å². The Kier molecular flexibility index (Phi) is 4.17. The third kappa shape index (κ3) is 2.85. The molecular weight excluding hydrogens is 246 g/mol. The van der Waals surface area contributed by atoms with Gasteiger partial charge in [-0.1, -0.05) is 13.8 Å². The highest BCUT2D eigenvalue weighted by atomic mass is 16.6. The number of nitrogens with one attached hydrogen (secondary N) is 1. The molecule has 5 nitrogen and oxygen atoms in total. The minimum Gasteiger partial charge on any atom is -0.467 e. The largest absolute Gasteiger partial charge is 0.467 e. The lowest BCUT2D eigenvalue weighted by molar-refractivity contribution is -0.145. The second kappa shape index (κ2) is 5.02. The number of esters is 1. The molecule has 0 aromatic heterocycles. The summed E-state index contributed by atoms with van der Waals surface area (Å²) in [5, 5.41) is 2.73. The molecule has 1 atom stereocenters. The Morgan fingerprint density at radius 3 is 2.05 bits per heavy atom. The van der Waals surface area contributed by atoms with E-state index >= 15 is 0 Å². The summed E-state index contributed by atoms with van der Waals surface area (Å²) in [6.45, 7) is 9.40. The van der Waals surface area contributed by atoms with Gasteiger partial charge in [0.15, 0.2) is 0 Å². The van der Waals surface area contributed by atoms with Crippen molar-refractivity contribution in [3.63, 3.8) is 0 Å². The minimum absolute atomic E-state index is 0.211. The Hall–Kier alpha value is -1.26. The Bertz CT molecular complexity index is 368. The Balaban J connectivity index is 2.86. The van der Waals surface area contributed by atoms with Crippen molar-refractivity contribution in [2.24, 2.45) is 5.41 Å². The number of carbonyl (C=O) groups excluding carboxylic acids is 2. The fourth-order valence-corrected chi connectivity index (χ4v) is 2.74. The van der Waals surface area contributed by atoms with E-state index in [-0.39, 0.29) is 11.4 Å². The van der Waals surface area contributed by atoms with Gasteiger partial charge in [-0.05, 0) is 40.0 Å². The Morgan fingerprint density at radius 2 is 1.74 bits per heavy atom. The third-order valence-corrected chi connectivity index (χ3v) is 3.99. The lowest BCUT2D eigenvalue weighted by atomic mass is 9.93. The number of hydrogen-bond donors (Lipinski definition) is 1. The van der Waals surface area contributed by atoms with Crippen LogP contribution in [0.1, 0.15) is 53.9 Å². The van der Waals surface area contributed by atoms with E-state index in [4.69, 9.17) is 9.47 Å². The fraction of sp³-hybridized carbons (Fsp3) is 0.857. The lowest BCUT2D eigenvalue weighted by Gasteiger charge is -2.26. The molecule has 0 bridgehead atoms. The number of amides is 1. The van der Waals surface area contributed by atoms with Crippen LogP contribution in [0.3, 0.4) is 0 Å². The molecule has 0 radical (unpaired) electrons. The van der Waals surface area contributed by atoms with Gasteiger partial charge in [-0.2, -0.15) is 0 Å². The summed E-state index contributed by atoms with van der Waals surface area (Å²) in [7, 11) is 1.34. The van der Waals surface area contributed by atoms with Gasteiger partial charge < -0.3 is 14.8 Å². The van der Waals surface area contributed by atoms with Crippen molar-refractivity contribution in [2.75, 3.05) is 7.11 Å². The quantitative estimate of drug-likeness (QED) is 0.798. The normalized spacial score (nSPS) is 24.5. The molecule has 0 aliphatic heterocycles. The molecule has 1 aliphatic rings. The fourth-order valence-electron chi connectivity index (χ4n) is 2.74. The SMILES string of the molecule is CCC1(CC)C[C@]1(NC(=O)OC(C)(C)C)C(=O)OC. The highest BCUT2D eigenvalue weighted by molar-refractivity contribution is 5.90. The molecule has 0 aromatic rings. The topological polar surface area (TPSA) is 64.6 Å². The molecule has 0 unspecified atom stereocenters. The maximum absolute atomic E-state index is 12.0. The van der Waals surface area contributed by atoms with Crippen molar-refractivity contribution in [3.8, 4) is 0 Å². The summed E-state index contributed by atoms with van der Waals surface area (Å²) in [6.07, 6.45) is 1.67. The van der Waals surface area contributed by atoms with E-state index in [0.29, 0.717) is 6.42 Å². The first kappa shape index (κ1) is 15.8. The summed E-state index contributed by atoms with van der Waals surface area (Å²) in [5.74, 6) is -0.387. The first-order valence-corrected chi connectivity index (χ1v) is 6.76. The first-order valence-electron chi connectivity index (χ1n) is 6.76. The summed E-state index contributed by atoms with van der Waals surface area (Å²) < 4.78 is 10.1. The molecule has 110 valence electrons. The van der Waals surface area contributed by atoms with E-state index < -0.39 is 17.2 Å². The van der Waals surface area contributed by atoms with Crippen LogP contribution in [0, 0.1) is 5.41 Å². The Labute approximate surface area is 115 Å². The third-order valence-electron chi connectivity index (χ3n) is 3.99. The van der Waals surface area contributed by atoms with E-state index in [9.17, 15) is 9.59 Å². The van der Waals surface area contributed by atoms with Crippen LogP contribution < -0.4 is 5.32 Å². The Morgan fingerprint density at radius 1 is 1.21 bits per heavy atom. The van der Waals surface area contributed by atoms with Crippen LogP contribution in [0.2, 0.25) is 0 Å². The second-order valence-electron chi connectivity index (χ2n) is 6.19. The molecular formula is C14H25NO4. The van der Waals surface area contributed by atoms with Crippen LogP contribution in [-0.4, -0.2) is 30.3 Å². The number of hydrogen-bond acceptors (Lipinski definition) is 4. The predicted octanol–water partition coefficient (Wildman–Crippen LogP) is 2.63. The molecule has 0 aromatic carbocycles. The van der Waals surface area contributed by atoms with Crippen LogP contribution >= 0.6 is 0 Å². The van der Waals surface area contributed by atoms with Crippen molar-refractivity contribution in [1.29, 1.82) is 0 Å². The van der Waals surface area contributed by atoms with Gasteiger partial charge >= 0.3 is 12.1 Å². The minimum atomic E-state index is -0.923.